The van der Waals surface area contributed by atoms with Crippen LogP contribution in [0, 0.1) is 5.92 Å². The number of alkyl halides is 3. The van der Waals surface area contributed by atoms with Crippen LogP contribution in [0.5, 0.6) is 0 Å². The van der Waals surface area contributed by atoms with E-state index in [9.17, 15) is 26.4 Å². The normalized spacial score (nSPS) is 24.6. The van der Waals surface area contributed by atoms with E-state index >= 15 is 0 Å². The summed E-state index contributed by atoms with van der Waals surface area (Å²) in [5.41, 5.74) is 0. The molecular weight excluding hydrogens is 299 g/mol. The second-order valence-electron chi connectivity index (χ2n) is 5.21. The minimum absolute atomic E-state index is 0.0837. The van der Waals surface area contributed by atoms with E-state index in [2.05, 4.69) is 0 Å². The number of carbonyl (C=O) groups is 1. The number of carboxylic acids is 1. The first-order chi connectivity index (χ1) is 8.97. The summed E-state index contributed by atoms with van der Waals surface area (Å²) in [6, 6.07) is -0.878. The van der Waals surface area contributed by atoms with Gasteiger partial charge in [0.05, 0.1) is 11.2 Å². The Balaban J connectivity index is 3.08. The molecule has 5 nitrogen and oxygen atoms in total. The summed E-state index contributed by atoms with van der Waals surface area (Å²) in [4.78, 5) is 11.0. The number of hydrogen-bond acceptors (Lipinski definition) is 3. The van der Waals surface area contributed by atoms with E-state index in [1.165, 1.54) is 13.8 Å². The lowest BCUT2D eigenvalue weighted by Crippen LogP contribution is -2.49. The van der Waals surface area contributed by atoms with Crippen LogP contribution in [0.15, 0.2) is 0 Å². The second kappa shape index (κ2) is 5.88. The van der Waals surface area contributed by atoms with Crippen LogP contribution >= 0.6 is 0 Å². The number of hydrogen-bond donors (Lipinski definition) is 1. The highest BCUT2D eigenvalue weighted by molar-refractivity contribution is 7.89. The number of sulfonamides is 1. The highest BCUT2D eigenvalue weighted by Gasteiger charge is 2.47. The van der Waals surface area contributed by atoms with Gasteiger partial charge in [0.25, 0.3) is 0 Å². The third-order valence-corrected chi connectivity index (χ3v) is 5.92. The molecule has 0 spiro atoms. The van der Waals surface area contributed by atoms with Gasteiger partial charge in [-0.15, -0.1) is 0 Å². The van der Waals surface area contributed by atoms with Gasteiger partial charge in [0, 0.05) is 6.04 Å². The van der Waals surface area contributed by atoms with Gasteiger partial charge < -0.3 is 5.11 Å². The molecule has 0 bridgehead atoms. The molecule has 118 valence electrons. The molecule has 1 aliphatic rings. The van der Waals surface area contributed by atoms with E-state index in [0.717, 1.165) is 0 Å². The first-order valence-electron chi connectivity index (χ1n) is 6.27. The molecule has 0 radical (unpaired) electrons. The molecule has 2 unspecified atom stereocenters. The van der Waals surface area contributed by atoms with Crippen molar-refractivity contribution in [3.8, 4) is 0 Å². The van der Waals surface area contributed by atoms with Crippen molar-refractivity contribution in [3.63, 3.8) is 0 Å². The van der Waals surface area contributed by atoms with Gasteiger partial charge in [-0.05, 0) is 26.7 Å². The monoisotopic (exact) mass is 317 g/mol. The van der Waals surface area contributed by atoms with E-state index < -0.39 is 45.9 Å². The molecule has 1 aliphatic carbocycles. The fraction of sp³-hybridized carbons (Fsp3) is 0.909. The third kappa shape index (κ3) is 3.85. The van der Waals surface area contributed by atoms with E-state index in [4.69, 9.17) is 5.11 Å². The van der Waals surface area contributed by atoms with Crippen molar-refractivity contribution in [2.45, 2.75) is 50.6 Å². The topological polar surface area (TPSA) is 74.7 Å². The van der Waals surface area contributed by atoms with Crippen molar-refractivity contribution in [1.82, 2.24) is 4.31 Å². The Morgan fingerprint density at radius 2 is 1.90 bits per heavy atom. The van der Waals surface area contributed by atoms with Crippen LogP contribution in [0.4, 0.5) is 13.2 Å². The molecule has 0 aliphatic heterocycles. The van der Waals surface area contributed by atoms with Gasteiger partial charge in [-0.1, -0.05) is 6.42 Å². The number of rotatable bonds is 5. The molecule has 0 saturated heterocycles. The van der Waals surface area contributed by atoms with Gasteiger partial charge in [-0.25, -0.2) is 8.42 Å². The minimum Gasteiger partial charge on any atom is -0.481 e. The molecule has 0 aromatic heterocycles. The summed E-state index contributed by atoms with van der Waals surface area (Å²) >= 11 is 0. The Bertz CT molecular complexity index is 461. The zero-order valence-corrected chi connectivity index (χ0v) is 12.0. The molecule has 0 aromatic carbocycles. The molecular formula is C11H18F3NO4S. The smallest absolute Gasteiger partial charge is 0.402 e. The van der Waals surface area contributed by atoms with Crippen molar-refractivity contribution in [2.24, 2.45) is 5.92 Å². The fourth-order valence-corrected chi connectivity index (χ4v) is 4.88. The maximum absolute atomic E-state index is 12.5. The molecule has 1 saturated carbocycles. The Hall–Kier alpha value is -0.830. The fourth-order valence-electron chi connectivity index (χ4n) is 2.48. The van der Waals surface area contributed by atoms with Crippen LogP contribution < -0.4 is 0 Å². The van der Waals surface area contributed by atoms with Crippen molar-refractivity contribution < 1.29 is 31.5 Å². The first kappa shape index (κ1) is 17.2. The van der Waals surface area contributed by atoms with Crippen molar-refractivity contribution in [3.05, 3.63) is 0 Å². The van der Waals surface area contributed by atoms with Crippen LogP contribution in [0.2, 0.25) is 0 Å². The average Bonchev–Trinajstić information content (AvgIpc) is 2.73. The molecule has 0 amide bonds. The SMILES string of the molecule is CC(C)N(CC(F)(F)F)S(=O)(=O)C1CCCC1C(=O)O. The molecule has 1 rings (SSSR count). The lowest BCUT2D eigenvalue weighted by molar-refractivity contribution is -0.141. The molecule has 1 N–H and O–H groups in total. The summed E-state index contributed by atoms with van der Waals surface area (Å²) < 4.78 is 62.6. The standard InChI is InChI=1S/C11H18F3NO4S/c1-7(2)15(6-11(12,13)14)20(18,19)9-5-3-4-8(9)10(16)17/h7-9H,3-6H2,1-2H3,(H,16,17). The van der Waals surface area contributed by atoms with Crippen molar-refractivity contribution in [2.75, 3.05) is 6.54 Å². The van der Waals surface area contributed by atoms with Crippen LogP contribution in [-0.2, 0) is 14.8 Å². The third-order valence-electron chi connectivity index (χ3n) is 3.39. The molecule has 9 heteroatoms. The Kier molecular flexibility index (Phi) is 5.07. The first-order valence-corrected chi connectivity index (χ1v) is 7.77. The average molecular weight is 317 g/mol. The van der Waals surface area contributed by atoms with Crippen LogP contribution in [0.1, 0.15) is 33.1 Å². The maximum atomic E-state index is 12.5. The number of aliphatic carboxylic acids is 1. The zero-order chi connectivity index (χ0) is 15.7. The highest BCUT2D eigenvalue weighted by atomic mass is 32.2. The Labute approximate surface area is 115 Å². The van der Waals surface area contributed by atoms with Crippen LogP contribution in [-0.4, -0.2) is 47.8 Å². The van der Waals surface area contributed by atoms with E-state index in [1.807, 2.05) is 0 Å². The summed E-state index contributed by atoms with van der Waals surface area (Å²) in [5.74, 6) is -2.40. The van der Waals surface area contributed by atoms with Gasteiger partial charge in [-0.3, -0.25) is 4.79 Å². The minimum atomic E-state index is -4.66. The molecule has 0 aromatic rings. The number of nitrogens with zero attached hydrogens (tertiary/aromatic N) is 1. The van der Waals surface area contributed by atoms with Gasteiger partial charge in [-0.2, -0.15) is 17.5 Å². The van der Waals surface area contributed by atoms with E-state index in [0.29, 0.717) is 10.7 Å². The van der Waals surface area contributed by atoms with Gasteiger partial charge in [0.2, 0.25) is 10.0 Å². The maximum Gasteiger partial charge on any atom is 0.402 e. The second-order valence-corrected chi connectivity index (χ2v) is 7.32. The largest absolute Gasteiger partial charge is 0.481 e. The predicted octanol–water partition coefficient (Wildman–Crippen LogP) is 1.84. The van der Waals surface area contributed by atoms with Crippen LogP contribution in [0.3, 0.4) is 0 Å². The quantitative estimate of drug-likeness (QED) is 0.839. The molecule has 0 heterocycles. The van der Waals surface area contributed by atoms with Gasteiger partial charge >= 0.3 is 12.1 Å². The number of halogens is 3. The number of carboxylic acid groups (broad SMARTS) is 1. The van der Waals surface area contributed by atoms with Crippen LogP contribution in [0.25, 0.3) is 0 Å². The molecule has 1 fully saturated rings. The highest BCUT2D eigenvalue weighted by Crippen LogP contribution is 2.34. The zero-order valence-electron chi connectivity index (χ0n) is 11.2. The summed E-state index contributed by atoms with van der Waals surface area (Å²) in [7, 11) is -4.29. The summed E-state index contributed by atoms with van der Waals surface area (Å²) in [6.45, 7) is 1.10. The lowest BCUT2D eigenvalue weighted by atomic mass is 10.1. The van der Waals surface area contributed by atoms with E-state index in [-0.39, 0.29) is 12.8 Å². The van der Waals surface area contributed by atoms with Gasteiger partial charge in [0.15, 0.2) is 0 Å². The Morgan fingerprint density at radius 3 is 2.30 bits per heavy atom. The summed E-state index contributed by atoms with van der Waals surface area (Å²) in [6.07, 6.45) is -4.01. The molecule has 2 atom stereocenters. The van der Waals surface area contributed by atoms with E-state index in [1.54, 1.807) is 0 Å². The molecule has 20 heavy (non-hydrogen) atoms. The Morgan fingerprint density at radius 1 is 1.35 bits per heavy atom. The van der Waals surface area contributed by atoms with Crippen molar-refractivity contribution >= 4 is 16.0 Å². The van der Waals surface area contributed by atoms with Gasteiger partial charge in [0.1, 0.15) is 6.54 Å². The predicted molar refractivity (Wildman–Crippen MR) is 65.6 cm³/mol. The lowest BCUT2D eigenvalue weighted by Gasteiger charge is -2.30. The van der Waals surface area contributed by atoms with Crippen molar-refractivity contribution in [1.29, 1.82) is 0 Å². The summed E-state index contributed by atoms with van der Waals surface area (Å²) in [5, 5.41) is 7.72.